The molecule has 7 heteroatoms. The van der Waals surface area contributed by atoms with Crippen molar-refractivity contribution in [3.8, 4) is 0 Å². The molecule has 2 aromatic rings. The smallest absolute Gasteiger partial charge is 0.274 e. The summed E-state index contributed by atoms with van der Waals surface area (Å²) in [5, 5.41) is 11.1. The molecule has 0 radical (unpaired) electrons. The van der Waals surface area contributed by atoms with Gasteiger partial charge in [0.2, 0.25) is 5.95 Å². The number of H-pyrrole nitrogens is 1. The van der Waals surface area contributed by atoms with Gasteiger partial charge in [-0.1, -0.05) is 13.8 Å². The minimum atomic E-state index is -0.238. The molecule has 0 fully saturated rings. The summed E-state index contributed by atoms with van der Waals surface area (Å²) in [7, 11) is 0. The van der Waals surface area contributed by atoms with E-state index in [0.717, 1.165) is 32.6 Å². The van der Waals surface area contributed by atoms with E-state index in [2.05, 4.69) is 39.2 Å². The summed E-state index contributed by atoms with van der Waals surface area (Å²) in [6, 6.07) is 3.59. The summed E-state index contributed by atoms with van der Waals surface area (Å²) in [4.78, 5) is 17.0. The zero-order chi connectivity index (χ0) is 15.8. The molecule has 0 aromatic carbocycles. The van der Waals surface area contributed by atoms with Crippen LogP contribution in [0.5, 0.6) is 0 Å². The fourth-order valence-corrected chi connectivity index (χ4v) is 2.18. The van der Waals surface area contributed by atoms with Crippen LogP contribution in [-0.4, -0.2) is 46.3 Å². The van der Waals surface area contributed by atoms with Crippen LogP contribution in [0.3, 0.4) is 0 Å². The van der Waals surface area contributed by atoms with Crippen LogP contribution in [0.2, 0.25) is 0 Å². The molecule has 7 nitrogen and oxygen atoms in total. The van der Waals surface area contributed by atoms with Crippen LogP contribution < -0.4 is 10.9 Å². The minimum absolute atomic E-state index is 0.238. The van der Waals surface area contributed by atoms with Gasteiger partial charge in [0, 0.05) is 6.54 Å². The summed E-state index contributed by atoms with van der Waals surface area (Å²) >= 11 is 0. The number of nitrogens with one attached hydrogen (secondary N) is 2. The maximum Gasteiger partial charge on any atom is 0.274 e. The summed E-state index contributed by atoms with van der Waals surface area (Å²) in [6.07, 6.45) is 2.90. The molecule has 0 spiro atoms. The van der Waals surface area contributed by atoms with Crippen LogP contribution in [0.4, 0.5) is 5.95 Å². The van der Waals surface area contributed by atoms with Crippen molar-refractivity contribution in [3.05, 3.63) is 40.2 Å². The Morgan fingerprint density at radius 1 is 1.32 bits per heavy atom. The lowest BCUT2D eigenvalue weighted by Crippen LogP contribution is -2.26. The molecule has 120 valence electrons. The lowest BCUT2D eigenvalue weighted by molar-refractivity contribution is 0.303. The van der Waals surface area contributed by atoms with Crippen LogP contribution in [0.25, 0.3) is 0 Å². The number of hydrogen-bond acceptors (Lipinski definition) is 6. The Bertz CT molecular complexity index is 605. The van der Waals surface area contributed by atoms with Gasteiger partial charge >= 0.3 is 0 Å². The Balaban J connectivity index is 1.83. The Hall–Kier alpha value is -2.15. The van der Waals surface area contributed by atoms with E-state index in [-0.39, 0.29) is 5.56 Å². The fraction of sp³-hybridized carbons (Fsp3) is 0.533. The van der Waals surface area contributed by atoms with E-state index in [0.29, 0.717) is 23.8 Å². The van der Waals surface area contributed by atoms with Crippen molar-refractivity contribution in [2.75, 3.05) is 31.5 Å². The number of aromatic amines is 1. The van der Waals surface area contributed by atoms with Crippen LogP contribution in [-0.2, 0) is 6.42 Å². The van der Waals surface area contributed by atoms with Crippen molar-refractivity contribution in [2.24, 2.45) is 0 Å². The highest BCUT2D eigenvalue weighted by molar-refractivity contribution is 5.22. The Kier molecular flexibility index (Phi) is 6.14. The lowest BCUT2D eigenvalue weighted by Gasteiger charge is -2.17. The quantitative estimate of drug-likeness (QED) is 0.683. The van der Waals surface area contributed by atoms with Crippen molar-refractivity contribution in [2.45, 2.75) is 26.7 Å². The molecule has 0 aliphatic rings. The van der Waals surface area contributed by atoms with Gasteiger partial charge in [0.25, 0.3) is 5.56 Å². The first-order chi connectivity index (χ1) is 10.7. The van der Waals surface area contributed by atoms with Crippen LogP contribution in [0.1, 0.15) is 31.7 Å². The van der Waals surface area contributed by atoms with Gasteiger partial charge in [-0.15, -0.1) is 10.2 Å². The van der Waals surface area contributed by atoms with E-state index in [4.69, 9.17) is 4.42 Å². The third kappa shape index (κ3) is 4.70. The highest BCUT2D eigenvalue weighted by Crippen LogP contribution is 2.04. The molecule has 2 N–H and O–H groups in total. The SMILES string of the molecule is CCN(CC)CCCNc1nnc(Cc2ccco2)c(=O)[nH]1. The molecule has 0 bridgehead atoms. The van der Waals surface area contributed by atoms with Gasteiger partial charge in [0.15, 0.2) is 0 Å². The molecule has 0 saturated carbocycles. The first-order valence-corrected chi connectivity index (χ1v) is 7.67. The average molecular weight is 305 g/mol. The lowest BCUT2D eigenvalue weighted by atomic mass is 10.2. The van der Waals surface area contributed by atoms with Crippen molar-refractivity contribution < 1.29 is 4.42 Å². The molecule has 2 heterocycles. The Morgan fingerprint density at radius 2 is 2.14 bits per heavy atom. The first-order valence-electron chi connectivity index (χ1n) is 7.67. The second-order valence-electron chi connectivity index (χ2n) is 5.01. The molecule has 0 aliphatic carbocycles. The van der Waals surface area contributed by atoms with Crippen molar-refractivity contribution in [1.82, 2.24) is 20.1 Å². The highest BCUT2D eigenvalue weighted by Gasteiger charge is 2.07. The predicted molar refractivity (Wildman–Crippen MR) is 85.1 cm³/mol. The standard InChI is InChI=1S/C15H23N5O2/c1-3-20(4-2)9-6-8-16-15-17-14(21)13(18-19-15)11-12-7-5-10-22-12/h5,7,10H,3-4,6,8-9,11H2,1-2H3,(H2,16,17,19,21). The Morgan fingerprint density at radius 3 is 2.77 bits per heavy atom. The van der Waals surface area contributed by atoms with Crippen LogP contribution in [0, 0.1) is 0 Å². The third-order valence-corrected chi connectivity index (χ3v) is 3.52. The van der Waals surface area contributed by atoms with Gasteiger partial charge in [0.05, 0.1) is 12.7 Å². The number of rotatable bonds is 9. The molecule has 0 unspecified atom stereocenters. The minimum Gasteiger partial charge on any atom is -0.469 e. The average Bonchev–Trinajstić information content (AvgIpc) is 3.03. The van der Waals surface area contributed by atoms with E-state index in [1.807, 2.05) is 0 Å². The molecule has 22 heavy (non-hydrogen) atoms. The summed E-state index contributed by atoms with van der Waals surface area (Å²) in [6.45, 7) is 8.17. The number of anilines is 1. The van der Waals surface area contributed by atoms with E-state index in [1.54, 1.807) is 18.4 Å². The van der Waals surface area contributed by atoms with Gasteiger partial charge in [-0.25, -0.2) is 0 Å². The zero-order valence-corrected chi connectivity index (χ0v) is 13.1. The first kappa shape index (κ1) is 16.2. The van der Waals surface area contributed by atoms with Crippen molar-refractivity contribution in [1.29, 1.82) is 0 Å². The molecular weight excluding hydrogens is 282 g/mol. The van der Waals surface area contributed by atoms with Crippen LogP contribution >= 0.6 is 0 Å². The normalized spacial score (nSPS) is 11.0. The van der Waals surface area contributed by atoms with Crippen LogP contribution in [0.15, 0.2) is 27.6 Å². The van der Waals surface area contributed by atoms with E-state index in [1.165, 1.54) is 0 Å². The largest absolute Gasteiger partial charge is 0.469 e. The molecule has 0 saturated heterocycles. The topological polar surface area (TPSA) is 87.0 Å². The molecule has 0 amide bonds. The highest BCUT2D eigenvalue weighted by atomic mass is 16.3. The van der Waals surface area contributed by atoms with Gasteiger partial charge in [-0.2, -0.15) is 0 Å². The summed E-state index contributed by atoms with van der Waals surface area (Å²) in [5.74, 6) is 1.10. The summed E-state index contributed by atoms with van der Waals surface area (Å²) < 4.78 is 5.20. The molecule has 2 aromatic heterocycles. The van der Waals surface area contributed by atoms with E-state index < -0.39 is 0 Å². The molecular formula is C15H23N5O2. The van der Waals surface area contributed by atoms with Crippen molar-refractivity contribution >= 4 is 5.95 Å². The maximum absolute atomic E-state index is 12.0. The van der Waals surface area contributed by atoms with Gasteiger partial charge in [-0.3, -0.25) is 9.78 Å². The molecule has 2 rings (SSSR count). The molecule has 0 atom stereocenters. The van der Waals surface area contributed by atoms with Crippen molar-refractivity contribution in [3.63, 3.8) is 0 Å². The van der Waals surface area contributed by atoms with E-state index >= 15 is 0 Å². The number of furan rings is 1. The number of hydrogen-bond donors (Lipinski definition) is 2. The third-order valence-electron chi connectivity index (χ3n) is 3.52. The molecule has 0 aliphatic heterocycles. The number of aromatic nitrogens is 3. The van der Waals surface area contributed by atoms with Gasteiger partial charge < -0.3 is 14.6 Å². The number of nitrogens with zero attached hydrogens (tertiary/aromatic N) is 3. The summed E-state index contributed by atoms with van der Waals surface area (Å²) in [5.41, 5.74) is 0.112. The van der Waals surface area contributed by atoms with Gasteiger partial charge in [-0.05, 0) is 38.2 Å². The van der Waals surface area contributed by atoms with E-state index in [9.17, 15) is 4.79 Å². The zero-order valence-electron chi connectivity index (χ0n) is 13.1. The predicted octanol–water partition coefficient (Wildman–Crippen LogP) is 1.49. The monoisotopic (exact) mass is 305 g/mol. The second kappa shape index (κ2) is 8.33. The second-order valence-corrected chi connectivity index (χ2v) is 5.01. The Labute approximate surface area is 129 Å². The van der Waals surface area contributed by atoms with Gasteiger partial charge in [0.1, 0.15) is 11.5 Å². The fourth-order valence-electron chi connectivity index (χ4n) is 2.18. The maximum atomic E-state index is 12.0.